The van der Waals surface area contributed by atoms with E-state index in [1.165, 1.54) is 23.3 Å². The van der Waals surface area contributed by atoms with Crippen molar-refractivity contribution in [1.82, 2.24) is 15.5 Å². The fourth-order valence-corrected chi connectivity index (χ4v) is 3.66. The molecule has 1 fully saturated rings. The highest BCUT2D eigenvalue weighted by Gasteiger charge is 2.25. The molecule has 0 bridgehead atoms. The Morgan fingerprint density at radius 1 is 1.22 bits per heavy atom. The van der Waals surface area contributed by atoms with Crippen molar-refractivity contribution in [3.05, 3.63) is 71.0 Å². The highest BCUT2D eigenvalue weighted by Crippen LogP contribution is 2.24. The summed E-state index contributed by atoms with van der Waals surface area (Å²) in [4.78, 5) is 19.0. The van der Waals surface area contributed by atoms with Crippen LogP contribution in [0, 0.1) is 12.7 Å². The van der Waals surface area contributed by atoms with Crippen LogP contribution in [0.15, 0.2) is 53.5 Å². The van der Waals surface area contributed by atoms with Crippen molar-refractivity contribution >= 4 is 35.8 Å². The summed E-state index contributed by atoms with van der Waals surface area (Å²) in [7, 11) is 0. The summed E-state index contributed by atoms with van der Waals surface area (Å²) in [5, 5.41) is 6.19. The topological polar surface area (TPSA) is 66.0 Å². The number of amides is 1. The van der Waals surface area contributed by atoms with Gasteiger partial charge in [-0.1, -0.05) is 36.4 Å². The largest absolute Gasteiger partial charge is 0.370 e. The second-order valence-corrected chi connectivity index (χ2v) is 7.55. The summed E-state index contributed by atoms with van der Waals surface area (Å²) in [5.41, 5.74) is 3.08. The first-order chi connectivity index (χ1) is 15.1. The number of nitrogens with zero attached hydrogens (tertiary/aromatic N) is 2. The maximum absolute atomic E-state index is 13.3. The Kier molecular flexibility index (Phi) is 10.9. The lowest BCUT2D eigenvalue weighted by atomic mass is 10.0. The molecule has 0 spiro atoms. The third-order valence-corrected chi connectivity index (χ3v) is 5.19. The van der Waals surface area contributed by atoms with Crippen molar-refractivity contribution in [3.63, 3.8) is 0 Å². The van der Waals surface area contributed by atoms with Gasteiger partial charge in [-0.15, -0.1) is 24.0 Å². The molecular formula is C24H32FIN4O2. The van der Waals surface area contributed by atoms with Crippen LogP contribution in [0.3, 0.4) is 0 Å². The van der Waals surface area contributed by atoms with E-state index in [-0.39, 0.29) is 48.2 Å². The van der Waals surface area contributed by atoms with Crippen LogP contribution in [0.5, 0.6) is 0 Å². The molecule has 2 N–H and O–H groups in total. The zero-order valence-electron chi connectivity index (χ0n) is 18.6. The van der Waals surface area contributed by atoms with Crippen LogP contribution in [-0.4, -0.2) is 56.1 Å². The number of ether oxygens (including phenoxy) is 1. The standard InChI is InChI=1S/C24H31FN4O2.HI/c1-3-26-24(28-12-11-27-23(30)16-19-8-6-9-20(25)15-19)29-13-14-31-22(17-29)21-10-5-4-7-18(21)2;/h4-10,15,22H,3,11-14,16-17H2,1-2H3,(H,26,28)(H,27,30);1H. The van der Waals surface area contributed by atoms with Crippen LogP contribution in [0.1, 0.15) is 29.7 Å². The number of hydrogen-bond donors (Lipinski definition) is 2. The molecule has 1 atom stereocenters. The van der Waals surface area contributed by atoms with Gasteiger partial charge >= 0.3 is 0 Å². The highest BCUT2D eigenvalue weighted by molar-refractivity contribution is 14.0. The monoisotopic (exact) mass is 554 g/mol. The van der Waals surface area contributed by atoms with Crippen molar-refractivity contribution in [2.75, 3.05) is 39.3 Å². The van der Waals surface area contributed by atoms with E-state index in [2.05, 4.69) is 39.6 Å². The first-order valence-electron chi connectivity index (χ1n) is 10.8. The number of nitrogens with one attached hydrogen (secondary N) is 2. The van der Waals surface area contributed by atoms with E-state index >= 15 is 0 Å². The lowest BCUT2D eigenvalue weighted by molar-refractivity contribution is -0.120. The number of rotatable bonds is 7. The number of carbonyl (C=O) groups excluding carboxylic acids is 1. The van der Waals surface area contributed by atoms with Gasteiger partial charge in [-0.25, -0.2) is 4.39 Å². The average molecular weight is 554 g/mol. The van der Waals surface area contributed by atoms with Crippen LogP contribution in [0.2, 0.25) is 0 Å². The first-order valence-corrected chi connectivity index (χ1v) is 10.8. The van der Waals surface area contributed by atoms with E-state index in [9.17, 15) is 9.18 Å². The smallest absolute Gasteiger partial charge is 0.224 e. The second kappa shape index (κ2) is 13.4. The third kappa shape index (κ3) is 7.74. The summed E-state index contributed by atoms with van der Waals surface area (Å²) < 4.78 is 19.3. The molecule has 8 heteroatoms. The van der Waals surface area contributed by atoms with Gasteiger partial charge in [-0.2, -0.15) is 0 Å². The first kappa shape index (κ1) is 26.1. The number of halogens is 2. The Morgan fingerprint density at radius 3 is 2.78 bits per heavy atom. The molecule has 1 heterocycles. The molecular weight excluding hydrogens is 522 g/mol. The summed E-state index contributed by atoms with van der Waals surface area (Å²) in [6.07, 6.45) is 0.160. The minimum Gasteiger partial charge on any atom is -0.370 e. The van der Waals surface area contributed by atoms with E-state index in [4.69, 9.17) is 4.74 Å². The van der Waals surface area contributed by atoms with Crippen LogP contribution >= 0.6 is 24.0 Å². The molecule has 0 radical (unpaired) electrons. The second-order valence-electron chi connectivity index (χ2n) is 7.55. The SMILES string of the molecule is CCNC(=NCCNC(=O)Cc1cccc(F)c1)N1CCOC(c2ccccc2C)C1.I. The van der Waals surface area contributed by atoms with Crippen molar-refractivity contribution in [3.8, 4) is 0 Å². The molecule has 1 unspecified atom stereocenters. The number of guanidine groups is 1. The normalized spacial score (nSPS) is 16.3. The Hall–Kier alpha value is -2.20. The van der Waals surface area contributed by atoms with Gasteiger partial charge in [0.1, 0.15) is 11.9 Å². The molecule has 1 amide bonds. The molecule has 2 aromatic rings. The molecule has 174 valence electrons. The van der Waals surface area contributed by atoms with E-state index in [1.54, 1.807) is 12.1 Å². The van der Waals surface area contributed by atoms with Crippen molar-refractivity contribution in [2.24, 2.45) is 4.99 Å². The predicted octanol–water partition coefficient (Wildman–Crippen LogP) is 3.45. The Bertz CT molecular complexity index is 909. The maximum atomic E-state index is 13.3. The zero-order valence-corrected chi connectivity index (χ0v) is 21.0. The van der Waals surface area contributed by atoms with Gasteiger partial charge in [0.25, 0.3) is 0 Å². The van der Waals surface area contributed by atoms with E-state index in [1.807, 2.05) is 19.1 Å². The van der Waals surface area contributed by atoms with Crippen molar-refractivity contribution < 1.29 is 13.9 Å². The van der Waals surface area contributed by atoms with E-state index in [0.29, 0.717) is 25.3 Å². The molecule has 1 saturated heterocycles. The van der Waals surface area contributed by atoms with Gasteiger partial charge in [0.2, 0.25) is 5.91 Å². The highest BCUT2D eigenvalue weighted by atomic mass is 127. The zero-order chi connectivity index (χ0) is 22.1. The summed E-state index contributed by atoms with van der Waals surface area (Å²) >= 11 is 0. The lowest BCUT2D eigenvalue weighted by Gasteiger charge is -2.35. The van der Waals surface area contributed by atoms with Gasteiger partial charge in [0.15, 0.2) is 5.96 Å². The van der Waals surface area contributed by atoms with E-state index < -0.39 is 0 Å². The number of carbonyl (C=O) groups is 1. The Labute approximate surface area is 206 Å². The number of aliphatic imine (C=N–C) groups is 1. The van der Waals surface area contributed by atoms with Gasteiger partial charge < -0.3 is 20.3 Å². The number of hydrogen-bond acceptors (Lipinski definition) is 3. The van der Waals surface area contributed by atoms with Crippen molar-refractivity contribution in [2.45, 2.75) is 26.4 Å². The Morgan fingerprint density at radius 2 is 2.03 bits per heavy atom. The molecule has 0 aromatic heterocycles. The lowest BCUT2D eigenvalue weighted by Crippen LogP contribution is -2.48. The minimum absolute atomic E-state index is 0. The average Bonchev–Trinajstić information content (AvgIpc) is 2.76. The quantitative estimate of drug-likeness (QED) is 0.238. The summed E-state index contributed by atoms with van der Waals surface area (Å²) in [6, 6.07) is 14.4. The molecule has 6 nitrogen and oxygen atoms in total. The fraction of sp³-hybridized carbons (Fsp3) is 0.417. The minimum atomic E-state index is -0.334. The van der Waals surface area contributed by atoms with Gasteiger partial charge in [-0.3, -0.25) is 9.79 Å². The third-order valence-electron chi connectivity index (χ3n) is 5.19. The number of benzene rings is 2. The summed E-state index contributed by atoms with van der Waals surface area (Å²) in [6.45, 7) is 7.91. The fourth-order valence-electron chi connectivity index (χ4n) is 3.66. The van der Waals surface area contributed by atoms with E-state index in [0.717, 1.165) is 25.6 Å². The molecule has 0 aliphatic carbocycles. The molecule has 3 rings (SSSR count). The molecule has 1 aliphatic rings. The van der Waals surface area contributed by atoms with Gasteiger partial charge in [0.05, 0.1) is 26.1 Å². The molecule has 0 saturated carbocycles. The van der Waals surface area contributed by atoms with Crippen LogP contribution in [-0.2, 0) is 16.0 Å². The Balaban J connectivity index is 0.00000363. The van der Waals surface area contributed by atoms with Crippen LogP contribution < -0.4 is 10.6 Å². The molecule has 1 aliphatic heterocycles. The maximum Gasteiger partial charge on any atom is 0.224 e. The summed E-state index contributed by atoms with van der Waals surface area (Å²) in [5.74, 6) is 0.347. The van der Waals surface area contributed by atoms with Crippen molar-refractivity contribution in [1.29, 1.82) is 0 Å². The number of aryl methyl sites for hydroxylation is 1. The molecule has 2 aromatic carbocycles. The molecule has 32 heavy (non-hydrogen) atoms. The van der Waals surface area contributed by atoms with Crippen LogP contribution in [0.25, 0.3) is 0 Å². The van der Waals surface area contributed by atoms with Gasteiger partial charge in [0, 0.05) is 19.6 Å². The van der Waals surface area contributed by atoms with Gasteiger partial charge in [-0.05, 0) is 42.7 Å². The number of morpholine rings is 1. The van der Waals surface area contributed by atoms with Crippen LogP contribution in [0.4, 0.5) is 4.39 Å². The predicted molar refractivity (Wildman–Crippen MR) is 136 cm³/mol.